The molecule has 7 heteroatoms. The molecule has 0 bridgehead atoms. The summed E-state index contributed by atoms with van der Waals surface area (Å²) in [7, 11) is 0. The van der Waals surface area contributed by atoms with Gasteiger partial charge in [-0.25, -0.2) is 9.18 Å². The van der Waals surface area contributed by atoms with Crippen LogP contribution in [-0.2, 0) is 0 Å². The van der Waals surface area contributed by atoms with Gasteiger partial charge in [0.25, 0.3) is 0 Å². The molecule has 0 aliphatic heterocycles. The highest BCUT2D eigenvalue weighted by Crippen LogP contribution is 2.26. The first-order chi connectivity index (χ1) is 9.06. The number of aromatic hydroxyl groups is 1. The molecule has 1 aromatic heterocycles. The van der Waals surface area contributed by atoms with E-state index in [2.05, 4.69) is 15.6 Å². The van der Waals surface area contributed by atoms with E-state index in [1.54, 1.807) is 0 Å². The van der Waals surface area contributed by atoms with Gasteiger partial charge in [0, 0.05) is 11.9 Å². The number of phenolic OH excluding ortho intramolecular Hbond substituents is 1. The molecule has 2 amide bonds. The molecule has 0 spiro atoms. The van der Waals surface area contributed by atoms with Crippen molar-refractivity contribution in [3.8, 4) is 5.75 Å². The molecule has 0 saturated heterocycles. The van der Waals surface area contributed by atoms with E-state index in [1.165, 1.54) is 30.5 Å². The summed E-state index contributed by atoms with van der Waals surface area (Å²) >= 11 is 5.69. The molecule has 3 N–H and O–H groups in total. The molecule has 0 fully saturated rings. The van der Waals surface area contributed by atoms with Gasteiger partial charge in [0.1, 0.15) is 5.75 Å². The minimum atomic E-state index is -0.638. The Bertz CT molecular complexity index is 622. The minimum absolute atomic E-state index is 0.0115. The second kappa shape index (κ2) is 5.53. The highest BCUT2D eigenvalue weighted by molar-refractivity contribution is 6.32. The van der Waals surface area contributed by atoms with Crippen LogP contribution in [-0.4, -0.2) is 16.1 Å². The van der Waals surface area contributed by atoms with Crippen molar-refractivity contribution in [2.75, 3.05) is 10.6 Å². The number of hydrogen-bond donors (Lipinski definition) is 3. The number of phenols is 1. The van der Waals surface area contributed by atoms with Gasteiger partial charge in [-0.2, -0.15) is 0 Å². The molecule has 5 nitrogen and oxygen atoms in total. The number of nitrogens with zero attached hydrogens (tertiary/aromatic N) is 1. The minimum Gasteiger partial charge on any atom is -0.506 e. The van der Waals surface area contributed by atoms with Crippen LogP contribution in [0, 0.1) is 5.82 Å². The van der Waals surface area contributed by atoms with Gasteiger partial charge in [0.2, 0.25) is 0 Å². The first kappa shape index (κ1) is 13.1. The van der Waals surface area contributed by atoms with Crippen molar-refractivity contribution in [2.45, 2.75) is 0 Å². The predicted octanol–water partition coefficient (Wildman–Crippen LogP) is 3.22. The Kier molecular flexibility index (Phi) is 3.82. The van der Waals surface area contributed by atoms with Crippen LogP contribution < -0.4 is 10.6 Å². The molecule has 1 aromatic carbocycles. The molecule has 98 valence electrons. The summed E-state index contributed by atoms with van der Waals surface area (Å²) in [6, 6.07) is 4.87. The molecule has 0 radical (unpaired) electrons. The van der Waals surface area contributed by atoms with E-state index in [0.29, 0.717) is 5.69 Å². The van der Waals surface area contributed by atoms with Gasteiger partial charge in [-0.15, -0.1) is 0 Å². The lowest BCUT2D eigenvalue weighted by Crippen LogP contribution is -2.20. The number of nitrogens with one attached hydrogen (secondary N) is 2. The summed E-state index contributed by atoms with van der Waals surface area (Å²) in [6.07, 6.45) is 2.35. The van der Waals surface area contributed by atoms with Gasteiger partial charge < -0.3 is 15.7 Å². The van der Waals surface area contributed by atoms with E-state index in [1.807, 2.05) is 0 Å². The number of aromatic nitrogens is 1. The van der Waals surface area contributed by atoms with Crippen LogP contribution in [0.25, 0.3) is 0 Å². The quantitative estimate of drug-likeness (QED) is 0.740. The van der Waals surface area contributed by atoms with Crippen molar-refractivity contribution >= 4 is 29.0 Å². The van der Waals surface area contributed by atoms with Crippen LogP contribution in [0.5, 0.6) is 5.75 Å². The largest absolute Gasteiger partial charge is 0.506 e. The number of halogens is 2. The highest BCUT2D eigenvalue weighted by Gasteiger charge is 2.07. The monoisotopic (exact) mass is 281 g/mol. The molecule has 2 aromatic rings. The number of carbonyl (C=O) groups excluding carboxylic acids is 1. The fourth-order valence-corrected chi connectivity index (χ4v) is 1.53. The van der Waals surface area contributed by atoms with E-state index in [4.69, 9.17) is 11.6 Å². The van der Waals surface area contributed by atoms with Crippen molar-refractivity contribution in [3.63, 3.8) is 0 Å². The van der Waals surface area contributed by atoms with Crippen LogP contribution in [0.15, 0.2) is 36.7 Å². The lowest BCUT2D eigenvalue weighted by molar-refractivity contribution is 0.262. The first-order valence-corrected chi connectivity index (χ1v) is 5.60. The maximum atomic E-state index is 13.2. The lowest BCUT2D eigenvalue weighted by atomic mass is 10.3. The van der Waals surface area contributed by atoms with Crippen molar-refractivity contribution in [1.29, 1.82) is 0 Å². The van der Waals surface area contributed by atoms with Crippen molar-refractivity contribution in [1.82, 2.24) is 4.98 Å². The molecule has 0 aliphatic rings. The van der Waals surface area contributed by atoms with Crippen molar-refractivity contribution in [3.05, 3.63) is 47.5 Å². The number of hydrogen-bond acceptors (Lipinski definition) is 3. The van der Waals surface area contributed by atoms with Crippen LogP contribution >= 0.6 is 11.6 Å². The van der Waals surface area contributed by atoms with Crippen LogP contribution in [0.2, 0.25) is 5.02 Å². The van der Waals surface area contributed by atoms with Crippen molar-refractivity contribution in [2.24, 2.45) is 0 Å². The number of carbonyl (C=O) groups is 1. The van der Waals surface area contributed by atoms with E-state index < -0.39 is 11.8 Å². The smallest absolute Gasteiger partial charge is 0.323 e. The lowest BCUT2D eigenvalue weighted by Gasteiger charge is -2.08. The fourth-order valence-electron chi connectivity index (χ4n) is 1.35. The Morgan fingerprint density at radius 3 is 2.79 bits per heavy atom. The number of anilines is 2. The summed E-state index contributed by atoms with van der Waals surface area (Å²) in [5.41, 5.74) is 0.382. The second-order valence-corrected chi connectivity index (χ2v) is 4.01. The molecule has 0 aliphatic carbocycles. The molecular weight excluding hydrogens is 273 g/mol. The van der Waals surface area contributed by atoms with E-state index in [0.717, 1.165) is 6.20 Å². The van der Waals surface area contributed by atoms with E-state index in [-0.39, 0.29) is 16.5 Å². The zero-order valence-electron chi connectivity index (χ0n) is 9.52. The van der Waals surface area contributed by atoms with Crippen LogP contribution in [0.4, 0.5) is 20.6 Å². The number of amides is 2. The van der Waals surface area contributed by atoms with Crippen LogP contribution in [0.3, 0.4) is 0 Å². The number of benzene rings is 1. The van der Waals surface area contributed by atoms with Gasteiger partial charge in [0.15, 0.2) is 5.82 Å². The summed E-state index contributed by atoms with van der Waals surface area (Å²) in [5, 5.41) is 14.1. The second-order valence-electron chi connectivity index (χ2n) is 3.60. The number of rotatable bonds is 2. The van der Waals surface area contributed by atoms with E-state index >= 15 is 0 Å². The average Bonchev–Trinajstić information content (AvgIpc) is 2.37. The predicted molar refractivity (Wildman–Crippen MR) is 70.0 cm³/mol. The summed E-state index contributed by atoms with van der Waals surface area (Å²) < 4.78 is 13.2. The van der Waals surface area contributed by atoms with E-state index in [9.17, 15) is 14.3 Å². The zero-order chi connectivity index (χ0) is 13.8. The number of pyridine rings is 1. The first-order valence-electron chi connectivity index (χ1n) is 5.22. The third-order valence-corrected chi connectivity index (χ3v) is 2.53. The molecule has 19 heavy (non-hydrogen) atoms. The summed E-state index contributed by atoms with van der Waals surface area (Å²) in [4.78, 5) is 15.2. The Morgan fingerprint density at radius 1 is 1.32 bits per heavy atom. The van der Waals surface area contributed by atoms with Gasteiger partial charge in [0.05, 0.1) is 16.9 Å². The Labute approximate surface area is 113 Å². The topological polar surface area (TPSA) is 74.2 Å². The van der Waals surface area contributed by atoms with Gasteiger partial charge in [-0.05, 0) is 24.3 Å². The van der Waals surface area contributed by atoms with Crippen LogP contribution in [0.1, 0.15) is 0 Å². The Balaban J connectivity index is 2.05. The normalized spacial score (nSPS) is 10.0. The summed E-state index contributed by atoms with van der Waals surface area (Å²) in [6.45, 7) is 0. The Morgan fingerprint density at radius 2 is 2.11 bits per heavy atom. The zero-order valence-corrected chi connectivity index (χ0v) is 10.3. The average molecular weight is 282 g/mol. The van der Waals surface area contributed by atoms with Gasteiger partial charge in [-0.1, -0.05) is 11.6 Å². The molecule has 2 rings (SSSR count). The molecular formula is C12H9ClFN3O2. The molecule has 0 unspecified atom stereocenters. The summed E-state index contributed by atoms with van der Waals surface area (Å²) in [5.74, 6) is -0.728. The number of urea groups is 1. The third-order valence-electron chi connectivity index (χ3n) is 2.23. The molecule has 0 atom stereocenters. The SMILES string of the molecule is O=C(Nc1ccc(O)c(Cl)c1)Nc1ccncc1F. The third kappa shape index (κ3) is 3.32. The van der Waals surface area contributed by atoms with Gasteiger partial charge >= 0.3 is 6.03 Å². The molecule has 1 heterocycles. The standard InChI is InChI=1S/C12H9ClFN3O2/c13-8-5-7(1-2-11(8)18)16-12(19)17-10-3-4-15-6-9(10)14/h1-6,18H,(H2,15,16,17,19). The molecule has 0 saturated carbocycles. The van der Waals surface area contributed by atoms with Gasteiger partial charge in [-0.3, -0.25) is 4.98 Å². The maximum Gasteiger partial charge on any atom is 0.323 e. The van der Waals surface area contributed by atoms with Crippen molar-refractivity contribution < 1.29 is 14.3 Å². The fraction of sp³-hybridized carbons (Fsp3) is 0. The maximum absolute atomic E-state index is 13.2. The highest BCUT2D eigenvalue weighted by atomic mass is 35.5. The Hall–Kier alpha value is -2.34.